The van der Waals surface area contributed by atoms with E-state index in [0.29, 0.717) is 5.13 Å². The van der Waals surface area contributed by atoms with Crippen LogP contribution in [-0.2, 0) is 24.2 Å². The Morgan fingerprint density at radius 1 is 1.32 bits per heavy atom. The van der Waals surface area contributed by atoms with Crippen molar-refractivity contribution in [1.82, 2.24) is 24.6 Å². The van der Waals surface area contributed by atoms with Gasteiger partial charge in [-0.2, -0.15) is 5.10 Å². The summed E-state index contributed by atoms with van der Waals surface area (Å²) in [6, 6.07) is 4.11. The molecule has 0 aromatic carbocycles. The van der Waals surface area contributed by atoms with Gasteiger partial charge >= 0.3 is 0 Å². The van der Waals surface area contributed by atoms with Gasteiger partial charge in [-0.3, -0.25) is 14.5 Å². The molecule has 0 radical (unpaired) electrons. The van der Waals surface area contributed by atoms with Gasteiger partial charge in [0.1, 0.15) is 0 Å². The number of hydrogen-bond donors (Lipinski definition) is 1. The van der Waals surface area contributed by atoms with E-state index in [9.17, 15) is 4.79 Å². The minimum Gasteiger partial charge on any atom is -0.308 e. The zero-order valence-corrected chi connectivity index (χ0v) is 17.4. The summed E-state index contributed by atoms with van der Waals surface area (Å²) in [5.74, 6) is -0.0983. The number of anilines is 1. The van der Waals surface area contributed by atoms with Gasteiger partial charge < -0.3 is 10.2 Å². The molecule has 3 heterocycles. The number of hydrogen-bond acceptors (Lipinski definition) is 6. The number of carbonyl (C=O) groups is 1. The predicted octanol–water partition coefficient (Wildman–Crippen LogP) is 3.00. The topological polar surface area (TPSA) is 75.9 Å². The van der Waals surface area contributed by atoms with Gasteiger partial charge in [-0.1, -0.05) is 11.3 Å². The number of carbonyl (C=O) groups excluding carboxylic acids is 1. The Hall–Kier alpha value is -2.58. The van der Waals surface area contributed by atoms with Crippen LogP contribution in [0.3, 0.4) is 0 Å². The fraction of sp³-hybridized carbons (Fsp3) is 0.400. The molecular weight excluding hydrogens is 372 g/mol. The summed E-state index contributed by atoms with van der Waals surface area (Å²) in [6.07, 6.45) is 3.64. The van der Waals surface area contributed by atoms with Crippen LogP contribution in [0.5, 0.6) is 0 Å². The van der Waals surface area contributed by atoms with Crippen LogP contribution in [-0.4, -0.2) is 51.2 Å². The summed E-state index contributed by atoms with van der Waals surface area (Å²) in [5.41, 5.74) is 6.46. The molecule has 1 amide bonds. The fourth-order valence-electron chi connectivity index (χ4n) is 3.44. The zero-order chi connectivity index (χ0) is 19.8. The summed E-state index contributed by atoms with van der Waals surface area (Å²) >= 11 is 1.53. The molecule has 8 heteroatoms. The Labute approximate surface area is 168 Å². The second-order valence-corrected chi connectivity index (χ2v) is 8.37. The smallest absolute Gasteiger partial charge is 0.223 e. The van der Waals surface area contributed by atoms with Crippen LogP contribution in [0.1, 0.15) is 23.9 Å². The van der Waals surface area contributed by atoms with Crippen molar-refractivity contribution < 1.29 is 4.79 Å². The van der Waals surface area contributed by atoms with E-state index in [4.69, 9.17) is 5.10 Å². The van der Waals surface area contributed by atoms with E-state index in [1.807, 2.05) is 19.2 Å². The van der Waals surface area contributed by atoms with Gasteiger partial charge in [-0.05, 0) is 46.0 Å². The maximum absolute atomic E-state index is 11.5. The molecular formula is C20H24N6OS. The van der Waals surface area contributed by atoms with Crippen LogP contribution < -0.4 is 5.32 Å². The van der Waals surface area contributed by atoms with Gasteiger partial charge in [0.15, 0.2) is 5.13 Å². The molecule has 0 atom stereocenters. The third kappa shape index (κ3) is 3.57. The van der Waals surface area contributed by atoms with Gasteiger partial charge in [0.05, 0.1) is 28.5 Å². The SMILES string of the molecule is CC(=O)Nc1nc2c(s1)-c1c(c(-c3ccc(C)nc3)nn1CCN(C)C)CC2. The molecule has 1 aliphatic carbocycles. The zero-order valence-electron chi connectivity index (χ0n) is 16.6. The van der Waals surface area contributed by atoms with Crippen LogP contribution in [0.2, 0.25) is 0 Å². The molecule has 7 nitrogen and oxygen atoms in total. The molecule has 0 spiro atoms. The number of nitrogens with one attached hydrogen (secondary N) is 1. The van der Waals surface area contributed by atoms with Crippen molar-refractivity contribution >= 4 is 22.4 Å². The van der Waals surface area contributed by atoms with E-state index in [0.717, 1.165) is 59.1 Å². The molecule has 3 aromatic heterocycles. The summed E-state index contributed by atoms with van der Waals surface area (Å²) in [6.45, 7) is 5.19. The third-order valence-electron chi connectivity index (χ3n) is 4.80. The van der Waals surface area contributed by atoms with Gasteiger partial charge in [0, 0.05) is 36.5 Å². The molecule has 0 fully saturated rings. The number of nitrogens with zero attached hydrogens (tertiary/aromatic N) is 5. The lowest BCUT2D eigenvalue weighted by atomic mass is 9.95. The number of pyridine rings is 1. The monoisotopic (exact) mass is 396 g/mol. The second kappa shape index (κ2) is 7.44. The minimum atomic E-state index is -0.0983. The highest BCUT2D eigenvalue weighted by Crippen LogP contribution is 2.43. The number of aryl methyl sites for hydroxylation is 2. The van der Waals surface area contributed by atoms with Gasteiger partial charge in [0.25, 0.3) is 0 Å². The molecule has 3 aromatic rings. The lowest BCUT2D eigenvalue weighted by Gasteiger charge is -2.15. The average molecular weight is 397 g/mol. The molecule has 146 valence electrons. The van der Waals surface area contributed by atoms with E-state index in [1.165, 1.54) is 23.8 Å². The summed E-state index contributed by atoms with van der Waals surface area (Å²) in [7, 11) is 4.13. The first-order chi connectivity index (χ1) is 13.4. The van der Waals surface area contributed by atoms with E-state index in [-0.39, 0.29) is 5.91 Å². The molecule has 0 saturated heterocycles. The van der Waals surface area contributed by atoms with Crippen molar-refractivity contribution in [1.29, 1.82) is 0 Å². The summed E-state index contributed by atoms with van der Waals surface area (Å²) < 4.78 is 2.10. The van der Waals surface area contributed by atoms with Crippen LogP contribution >= 0.6 is 11.3 Å². The number of thiazole rings is 1. The summed E-state index contributed by atoms with van der Waals surface area (Å²) in [5, 5.41) is 8.46. The first-order valence-corrected chi connectivity index (χ1v) is 10.2. The Morgan fingerprint density at radius 2 is 2.14 bits per heavy atom. The number of likely N-dealkylation sites (N-methyl/N-ethyl adjacent to an activating group) is 1. The molecule has 4 rings (SSSR count). The molecule has 1 N–H and O–H groups in total. The van der Waals surface area contributed by atoms with Gasteiger partial charge in [0.2, 0.25) is 5.91 Å². The number of rotatable bonds is 5. The minimum absolute atomic E-state index is 0.0983. The highest BCUT2D eigenvalue weighted by molar-refractivity contribution is 7.19. The number of amides is 1. The highest BCUT2D eigenvalue weighted by atomic mass is 32.1. The molecule has 0 unspecified atom stereocenters. The van der Waals surface area contributed by atoms with Crippen LogP contribution in [0.4, 0.5) is 5.13 Å². The summed E-state index contributed by atoms with van der Waals surface area (Å²) in [4.78, 5) is 23.8. The molecule has 0 aliphatic heterocycles. The van der Waals surface area contributed by atoms with Crippen molar-refractivity contribution in [3.63, 3.8) is 0 Å². The highest BCUT2D eigenvalue weighted by Gasteiger charge is 2.29. The molecule has 1 aliphatic rings. The number of fused-ring (bicyclic) bond motifs is 3. The van der Waals surface area contributed by atoms with Crippen LogP contribution in [0.15, 0.2) is 18.3 Å². The third-order valence-corrected chi connectivity index (χ3v) is 5.82. The first-order valence-electron chi connectivity index (χ1n) is 9.37. The first kappa shape index (κ1) is 18.8. The fourth-order valence-corrected chi connectivity index (χ4v) is 4.57. The van der Waals surface area contributed by atoms with Gasteiger partial charge in [-0.25, -0.2) is 4.98 Å². The van der Waals surface area contributed by atoms with E-state index in [1.54, 1.807) is 0 Å². The second-order valence-electron chi connectivity index (χ2n) is 7.37. The van der Waals surface area contributed by atoms with Crippen molar-refractivity contribution in [2.45, 2.75) is 33.2 Å². The molecule has 28 heavy (non-hydrogen) atoms. The normalized spacial score (nSPS) is 12.8. The van der Waals surface area contributed by atoms with Gasteiger partial charge in [-0.15, -0.1) is 0 Å². The van der Waals surface area contributed by atoms with E-state index in [2.05, 4.69) is 45.0 Å². The Kier molecular flexibility index (Phi) is 4.99. The largest absolute Gasteiger partial charge is 0.308 e. The van der Waals surface area contributed by atoms with Crippen molar-refractivity contribution in [2.24, 2.45) is 0 Å². The van der Waals surface area contributed by atoms with Crippen LogP contribution in [0.25, 0.3) is 21.8 Å². The van der Waals surface area contributed by atoms with E-state index < -0.39 is 0 Å². The Morgan fingerprint density at radius 3 is 2.82 bits per heavy atom. The lowest BCUT2D eigenvalue weighted by molar-refractivity contribution is -0.114. The standard InChI is InChI=1S/C20H24N6OS/c1-12-5-6-14(11-21-12)17-15-7-8-16-19(28-20(23-16)22-13(2)27)18(15)26(24-17)10-9-25(3)4/h5-6,11H,7-10H2,1-4H3,(H,22,23,27). The Balaban J connectivity index is 1.82. The average Bonchev–Trinajstić information content (AvgIpc) is 3.20. The maximum atomic E-state index is 11.5. The van der Waals surface area contributed by atoms with Crippen molar-refractivity contribution in [3.05, 3.63) is 35.3 Å². The Bertz CT molecular complexity index is 1020. The van der Waals surface area contributed by atoms with Crippen LogP contribution in [0, 0.1) is 6.92 Å². The van der Waals surface area contributed by atoms with Crippen molar-refractivity contribution in [2.75, 3.05) is 26.0 Å². The lowest BCUT2D eigenvalue weighted by Crippen LogP contribution is -2.20. The molecule has 0 bridgehead atoms. The van der Waals surface area contributed by atoms with Crippen molar-refractivity contribution in [3.8, 4) is 21.8 Å². The predicted molar refractivity (Wildman–Crippen MR) is 112 cm³/mol. The van der Waals surface area contributed by atoms with E-state index >= 15 is 0 Å². The number of aromatic nitrogens is 4. The maximum Gasteiger partial charge on any atom is 0.223 e. The quantitative estimate of drug-likeness (QED) is 0.717. The molecule has 0 saturated carbocycles.